The predicted octanol–water partition coefficient (Wildman–Crippen LogP) is 7.81. The van der Waals surface area contributed by atoms with Crippen molar-refractivity contribution in [2.45, 2.75) is 199 Å². The fourth-order valence-electron chi connectivity index (χ4n) is 6.90. The monoisotopic (exact) mass is 821 g/mol. The number of carbonyl (C=O) groups excluding carboxylic acids is 3. The molecule has 0 radical (unpaired) electrons. The Morgan fingerprint density at radius 2 is 1.27 bits per heavy atom. The number of phosphoric acid groups is 1. The summed E-state index contributed by atoms with van der Waals surface area (Å²) >= 11 is 0. The van der Waals surface area contributed by atoms with Crippen molar-refractivity contribution < 1.29 is 62.8 Å². The van der Waals surface area contributed by atoms with Crippen LogP contribution in [0.2, 0.25) is 0 Å². The number of esters is 2. The lowest BCUT2D eigenvalue weighted by molar-refractivity contribution is -0.161. The van der Waals surface area contributed by atoms with Crippen LogP contribution in [-0.2, 0) is 37.5 Å². The molecule has 0 aromatic rings. The summed E-state index contributed by atoms with van der Waals surface area (Å²) in [5, 5.41) is 39.1. The molecule has 5 N–H and O–H groups in total. The maximum atomic E-state index is 12.6. The number of aliphatic hydroxyl groups excluding tert-OH is 4. The summed E-state index contributed by atoms with van der Waals surface area (Å²) in [5.41, 5.74) is 0. The molecule has 0 aromatic carbocycles. The number of allylic oxidation sites excluding steroid dienone is 1. The van der Waals surface area contributed by atoms with E-state index in [9.17, 15) is 39.2 Å². The molecule has 13 nitrogen and oxygen atoms in total. The fraction of sp³-hybridized carbons (Fsp3) is 0.881. The van der Waals surface area contributed by atoms with E-state index in [2.05, 4.69) is 18.4 Å². The number of aliphatic hydroxyl groups is 4. The zero-order valence-electron chi connectivity index (χ0n) is 34.6. The summed E-state index contributed by atoms with van der Waals surface area (Å²) in [6, 6.07) is 0. The summed E-state index contributed by atoms with van der Waals surface area (Å²) in [4.78, 5) is 47.6. The smallest absolute Gasteiger partial charge is 0.462 e. The number of hydrogen-bond donors (Lipinski definition) is 5. The van der Waals surface area contributed by atoms with E-state index >= 15 is 0 Å². The van der Waals surface area contributed by atoms with Gasteiger partial charge in [0.15, 0.2) is 6.10 Å². The van der Waals surface area contributed by atoms with Crippen LogP contribution in [0.25, 0.3) is 0 Å². The van der Waals surface area contributed by atoms with Crippen molar-refractivity contribution in [3.63, 3.8) is 0 Å². The minimum absolute atomic E-state index is 0.00829. The third kappa shape index (κ3) is 27.1. The first-order valence-electron chi connectivity index (χ1n) is 21.7. The van der Waals surface area contributed by atoms with Gasteiger partial charge in [0.05, 0.1) is 32.0 Å². The first-order valence-corrected chi connectivity index (χ1v) is 23.2. The molecule has 0 aliphatic heterocycles. The van der Waals surface area contributed by atoms with Crippen LogP contribution < -0.4 is 0 Å². The standard InChI is InChI=1S/C42H77O13P/c1-3-5-7-8-9-10-11-12-13-14-15-16-22-26-42(49)55-36(33-54-56(50,51)53-31-35(45)30-43)32-52-41(48)25-21-18-17-20-24-37-38(40(47)29-39(37)46)28-27-34(44)23-19-6-4-2/h27-28,34-39,43-46H,3-26,29-33H2,1-2H3,(H,50,51)/b28-27+/t34-,35-,36+,37+,38+,39-/m0/s1. The summed E-state index contributed by atoms with van der Waals surface area (Å²) in [7, 11) is -4.67. The lowest BCUT2D eigenvalue weighted by Crippen LogP contribution is -2.29. The van der Waals surface area contributed by atoms with Gasteiger partial charge >= 0.3 is 19.8 Å². The molecule has 0 spiro atoms. The molecule has 0 amide bonds. The molecule has 328 valence electrons. The highest BCUT2D eigenvalue weighted by molar-refractivity contribution is 7.47. The van der Waals surface area contributed by atoms with Crippen molar-refractivity contribution in [1.82, 2.24) is 0 Å². The Morgan fingerprint density at radius 3 is 1.86 bits per heavy atom. The SMILES string of the molecule is CCCCCCCCCCCCCCCC(=O)O[C@H](COC(=O)CCCCCC[C@H]1[C@@H](O)CC(=O)[C@@H]1/C=C/[C@@H](O)CCCCC)COP(=O)(O)OC[C@@H](O)CO. The molecular weight excluding hydrogens is 743 g/mol. The Balaban J connectivity index is 2.44. The van der Waals surface area contributed by atoms with Crippen LogP contribution in [0, 0.1) is 11.8 Å². The third-order valence-electron chi connectivity index (χ3n) is 10.3. The fourth-order valence-corrected chi connectivity index (χ4v) is 7.69. The Labute approximate surface area is 336 Å². The van der Waals surface area contributed by atoms with Crippen LogP contribution in [0.15, 0.2) is 12.2 Å². The van der Waals surface area contributed by atoms with Crippen LogP contribution >= 0.6 is 7.82 Å². The van der Waals surface area contributed by atoms with Gasteiger partial charge in [-0.25, -0.2) is 4.57 Å². The Hall–Kier alpha value is -1.70. The van der Waals surface area contributed by atoms with Crippen molar-refractivity contribution in [3.05, 3.63) is 12.2 Å². The first kappa shape index (κ1) is 52.3. The second-order valence-electron chi connectivity index (χ2n) is 15.5. The summed E-state index contributed by atoms with van der Waals surface area (Å²) in [6.45, 7) is 2.01. The average molecular weight is 821 g/mol. The van der Waals surface area contributed by atoms with Gasteiger partial charge in [-0.3, -0.25) is 23.4 Å². The molecule has 7 atom stereocenters. The Morgan fingerprint density at radius 1 is 0.750 bits per heavy atom. The molecule has 1 fully saturated rings. The number of hydrogen-bond acceptors (Lipinski definition) is 12. The van der Waals surface area contributed by atoms with Crippen LogP contribution in [0.4, 0.5) is 0 Å². The van der Waals surface area contributed by atoms with Gasteiger partial charge in [0.25, 0.3) is 0 Å². The molecule has 1 aliphatic carbocycles. The van der Waals surface area contributed by atoms with Crippen molar-refractivity contribution in [2.24, 2.45) is 11.8 Å². The number of ketones is 1. The van der Waals surface area contributed by atoms with E-state index in [1.54, 1.807) is 12.2 Å². The third-order valence-corrected chi connectivity index (χ3v) is 11.3. The number of unbranched alkanes of at least 4 members (excludes halogenated alkanes) is 17. The van der Waals surface area contributed by atoms with Crippen molar-refractivity contribution in [1.29, 1.82) is 0 Å². The summed E-state index contributed by atoms with van der Waals surface area (Å²) in [5.74, 6) is -1.68. The number of rotatable bonds is 37. The van der Waals surface area contributed by atoms with Gasteiger partial charge in [0.2, 0.25) is 0 Å². The maximum Gasteiger partial charge on any atom is 0.472 e. The van der Waals surface area contributed by atoms with E-state index in [0.717, 1.165) is 51.4 Å². The lowest BCUT2D eigenvalue weighted by Gasteiger charge is -2.20. The van der Waals surface area contributed by atoms with E-state index in [4.69, 9.17) is 19.1 Å². The van der Waals surface area contributed by atoms with Gasteiger partial charge in [-0.05, 0) is 31.6 Å². The van der Waals surface area contributed by atoms with Crippen LogP contribution in [0.5, 0.6) is 0 Å². The highest BCUT2D eigenvalue weighted by atomic mass is 31.2. The number of carbonyl (C=O) groups is 3. The van der Waals surface area contributed by atoms with Crippen molar-refractivity contribution >= 4 is 25.5 Å². The summed E-state index contributed by atoms with van der Waals surface area (Å²) < 4.78 is 32.7. The highest BCUT2D eigenvalue weighted by Gasteiger charge is 2.39. The molecule has 0 heterocycles. The molecule has 1 aliphatic rings. The first-order chi connectivity index (χ1) is 26.9. The molecular formula is C42H77O13P. The topological polar surface area (TPSA) is 206 Å². The van der Waals surface area contributed by atoms with E-state index < -0.39 is 76.5 Å². The highest BCUT2D eigenvalue weighted by Crippen LogP contribution is 2.43. The van der Waals surface area contributed by atoms with Gasteiger partial charge in [-0.2, -0.15) is 0 Å². The van der Waals surface area contributed by atoms with Crippen molar-refractivity contribution in [2.75, 3.05) is 26.4 Å². The molecule has 56 heavy (non-hydrogen) atoms. The van der Waals surface area contributed by atoms with E-state index in [0.29, 0.717) is 32.1 Å². The molecule has 0 aromatic heterocycles. The van der Waals surface area contributed by atoms with Crippen molar-refractivity contribution in [3.8, 4) is 0 Å². The molecule has 1 rings (SSSR count). The van der Waals surface area contributed by atoms with Crippen LogP contribution in [0.3, 0.4) is 0 Å². The van der Waals surface area contributed by atoms with Gasteiger partial charge < -0.3 is 34.8 Å². The molecule has 14 heteroatoms. The van der Waals surface area contributed by atoms with Gasteiger partial charge in [-0.15, -0.1) is 0 Å². The zero-order chi connectivity index (χ0) is 41.4. The molecule has 1 saturated carbocycles. The van der Waals surface area contributed by atoms with Gasteiger partial charge in [0.1, 0.15) is 18.5 Å². The van der Waals surface area contributed by atoms with Gasteiger partial charge in [0, 0.05) is 25.2 Å². The van der Waals surface area contributed by atoms with E-state index in [1.807, 2.05) is 0 Å². The largest absolute Gasteiger partial charge is 0.472 e. The molecule has 0 saturated heterocycles. The molecule has 1 unspecified atom stereocenters. The van der Waals surface area contributed by atoms with Crippen LogP contribution in [0.1, 0.15) is 174 Å². The lowest BCUT2D eigenvalue weighted by atomic mass is 9.88. The maximum absolute atomic E-state index is 12.6. The number of ether oxygens (including phenoxy) is 2. The predicted molar refractivity (Wildman–Crippen MR) is 216 cm³/mol. The van der Waals surface area contributed by atoms with E-state index in [-0.39, 0.29) is 31.0 Å². The van der Waals surface area contributed by atoms with Crippen LogP contribution in [-0.4, -0.2) is 93.9 Å². The quantitative estimate of drug-likeness (QED) is 0.0176. The average Bonchev–Trinajstić information content (AvgIpc) is 3.44. The minimum atomic E-state index is -4.67. The molecule has 0 bridgehead atoms. The minimum Gasteiger partial charge on any atom is -0.462 e. The second-order valence-corrected chi connectivity index (χ2v) is 17.0. The normalized spacial score (nSPS) is 19.9. The van der Waals surface area contributed by atoms with Gasteiger partial charge in [-0.1, -0.05) is 142 Å². The number of phosphoric ester groups is 1. The zero-order valence-corrected chi connectivity index (χ0v) is 35.5. The second kappa shape index (κ2) is 33.2. The summed E-state index contributed by atoms with van der Waals surface area (Å²) in [6.07, 6.45) is 22.2. The number of Topliss-reactive ketones (excluding diaryl/α,β-unsaturated/α-hetero) is 1. The Bertz CT molecular complexity index is 1100. The van der Waals surface area contributed by atoms with E-state index in [1.165, 1.54) is 57.8 Å². The Kier molecular flexibility index (Phi) is 31.0.